The molecule has 0 spiro atoms. The van der Waals surface area contributed by atoms with Crippen molar-refractivity contribution in [1.82, 2.24) is 34.4 Å². The molecule has 4 heterocycles. The number of carbonyl (C=O) groups excluding carboxylic acids is 4. The molecule has 4 aromatic rings. The zero-order valence-corrected chi connectivity index (χ0v) is 29.5. The van der Waals surface area contributed by atoms with Crippen LogP contribution in [0.25, 0.3) is 0 Å². The van der Waals surface area contributed by atoms with Gasteiger partial charge in [0, 0.05) is 0 Å². The lowest BCUT2D eigenvalue weighted by Crippen LogP contribution is -2.35. The Morgan fingerprint density at radius 3 is 1.78 bits per heavy atom. The van der Waals surface area contributed by atoms with Gasteiger partial charge in [0.2, 0.25) is 29.4 Å². The van der Waals surface area contributed by atoms with Gasteiger partial charge in [0.15, 0.2) is 0 Å². The van der Waals surface area contributed by atoms with Crippen LogP contribution in [0, 0.1) is 6.92 Å². The molecule has 0 aliphatic rings. The van der Waals surface area contributed by atoms with Gasteiger partial charge in [-0.2, -0.15) is 24.9 Å². The number of sulfonamides is 2. The van der Waals surface area contributed by atoms with Crippen molar-refractivity contribution in [3.63, 3.8) is 0 Å². The molecule has 0 fully saturated rings. The van der Waals surface area contributed by atoms with Crippen LogP contribution in [0.5, 0.6) is 17.8 Å². The summed E-state index contributed by atoms with van der Waals surface area (Å²) in [6, 6.07) is 1.19. The summed E-state index contributed by atoms with van der Waals surface area (Å²) in [7, 11) is -2.56. The standard InChI is InChI=1S/C13H14N4O8S.C12H13N5O6S2/c1-22-8-6-9(23-2)15-12(14-8)16-13(19)17-26(20,21)7-4-5-25-10(7)11(18)24-3;1-6-13-10(16-12(14-6)23-3)15-11(19)17-25(20,21)7-4-5-24-8(7)9(18)22-2/h4-6H,1-3H3,(H2,14,15,16,17,19);4-5H,1-3H3,(H2,13,14,15,16,17,19). The van der Waals surface area contributed by atoms with E-state index in [1.54, 1.807) is 9.44 Å². The van der Waals surface area contributed by atoms with Crippen LogP contribution in [0.2, 0.25) is 0 Å². The summed E-state index contributed by atoms with van der Waals surface area (Å²) in [5.41, 5.74) is 0. The second-order valence-corrected chi connectivity index (χ2v) is 13.0. The monoisotopic (exact) mass is 773 g/mol. The van der Waals surface area contributed by atoms with Crippen molar-refractivity contribution in [2.75, 3.05) is 46.2 Å². The van der Waals surface area contributed by atoms with Crippen LogP contribution in [0.15, 0.2) is 44.1 Å². The molecule has 274 valence electrons. The number of furan rings is 1. The molecule has 0 saturated carbocycles. The fraction of sp³-hybridized carbons (Fsp3) is 0.240. The molecule has 0 atom stereocenters. The van der Waals surface area contributed by atoms with E-state index in [0.717, 1.165) is 37.9 Å². The number of rotatable bonds is 11. The smallest absolute Gasteiger partial charge is 0.375 e. The minimum absolute atomic E-state index is 0.0449. The zero-order chi connectivity index (χ0) is 37.9. The van der Waals surface area contributed by atoms with Crippen LogP contribution in [0.4, 0.5) is 21.5 Å². The number of urea groups is 2. The van der Waals surface area contributed by atoms with Crippen molar-refractivity contribution in [2.45, 2.75) is 16.7 Å². The van der Waals surface area contributed by atoms with Crippen LogP contribution < -0.4 is 34.3 Å². The van der Waals surface area contributed by atoms with Crippen LogP contribution in [-0.4, -0.2) is 101 Å². The number of amides is 4. The number of methoxy groups -OCH3 is 5. The molecule has 51 heavy (non-hydrogen) atoms. The van der Waals surface area contributed by atoms with Crippen LogP contribution in [-0.2, 0) is 29.5 Å². The van der Waals surface area contributed by atoms with Gasteiger partial charge in [-0.05, 0) is 24.4 Å². The Hall–Kier alpha value is -6.15. The number of anilines is 2. The van der Waals surface area contributed by atoms with Gasteiger partial charge < -0.3 is 28.1 Å². The molecule has 0 bridgehead atoms. The maximum atomic E-state index is 12.3. The second kappa shape index (κ2) is 17.0. The number of nitrogens with one attached hydrogen (secondary N) is 4. The van der Waals surface area contributed by atoms with Gasteiger partial charge >= 0.3 is 30.0 Å². The highest BCUT2D eigenvalue weighted by Crippen LogP contribution is 2.23. The van der Waals surface area contributed by atoms with Crippen molar-refractivity contribution in [1.29, 1.82) is 0 Å². The fourth-order valence-corrected chi connectivity index (χ4v) is 6.64. The minimum Gasteiger partial charge on any atom is -0.481 e. The number of esters is 2. The number of hydrogen-bond acceptors (Lipinski definition) is 20. The highest BCUT2D eigenvalue weighted by atomic mass is 32.2. The summed E-state index contributed by atoms with van der Waals surface area (Å²) in [4.78, 5) is 64.9. The number of aromatic nitrogens is 5. The first kappa shape index (κ1) is 39.3. The van der Waals surface area contributed by atoms with Gasteiger partial charge in [-0.25, -0.2) is 45.5 Å². The Labute approximate surface area is 292 Å². The first-order chi connectivity index (χ1) is 24.1. The number of ether oxygens (including phenoxy) is 5. The minimum atomic E-state index is -4.43. The maximum Gasteiger partial charge on any atom is 0.375 e. The first-order valence-corrected chi connectivity index (χ1v) is 17.1. The predicted octanol–water partition coefficient (Wildman–Crippen LogP) is 0.931. The third-order valence-corrected chi connectivity index (χ3v) is 9.24. The molecule has 23 nitrogen and oxygen atoms in total. The van der Waals surface area contributed by atoms with E-state index >= 15 is 0 Å². The van der Waals surface area contributed by atoms with E-state index < -0.39 is 54.7 Å². The number of carbonyl (C=O) groups is 4. The molecule has 4 N–H and O–H groups in total. The molecule has 0 unspecified atom stereocenters. The molecule has 0 aliphatic heterocycles. The third-order valence-electron chi connectivity index (χ3n) is 5.49. The molecular formula is C25H27N9O14S3. The summed E-state index contributed by atoms with van der Waals surface area (Å²) in [5.74, 6) is -2.46. The second-order valence-electron chi connectivity index (χ2n) is 8.80. The number of thiophene rings is 1. The predicted molar refractivity (Wildman–Crippen MR) is 171 cm³/mol. The Bertz CT molecular complexity index is 2110. The van der Waals surface area contributed by atoms with E-state index in [0.29, 0.717) is 0 Å². The van der Waals surface area contributed by atoms with Crippen molar-refractivity contribution in [3.8, 4) is 17.8 Å². The summed E-state index contributed by atoms with van der Waals surface area (Å²) >= 11 is 0.872. The van der Waals surface area contributed by atoms with Gasteiger partial charge in [-0.1, -0.05) is 0 Å². The van der Waals surface area contributed by atoms with E-state index in [1.165, 1.54) is 45.8 Å². The van der Waals surface area contributed by atoms with Gasteiger partial charge in [0.25, 0.3) is 20.0 Å². The third kappa shape index (κ3) is 10.4. The van der Waals surface area contributed by atoms with Crippen molar-refractivity contribution >= 4 is 67.3 Å². The van der Waals surface area contributed by atoms with Crippen LogP contribution >= 0.6 is 11.3 Å². The average Bonchev–Trinajstić information content (AvgIpc) is 3.79. The number of aryl methyl sites for hydroxylation is 1. The van der Waals surface area contributed by atoms with E-state index in [2.05, 4.69) is 45.0 Å². The molecule has 0 radical (unpaired) electrons. The average molecular weight is 774 g/mol. The molecule has 26 heteroatoms. The SMILES string of the molecule is COC(=O)c1occc1S(=O)(=O)NC(=O)Nc1nc(OC)cc(OC)n1.COC(=O)c1sccc1S(=O)(=O)NC(=O)Nc1nc(C)nc(OC)n1. The number of nitrogens with zero attached hydrogens (tertiary/aromatic N) is 5. The zero-order valence-electron chi connectivity index (χ0n) is 27.1. The summed E-state index contributed by atoms with van der Waals surface area (Å²) < 4.78 is 80.9. The molecule has 4 aromatic heterocycles. The number of hydrogen-bond donors (Lipinski definition) is 4. The van der Waals surface area contributed by atoms with Crippen molar-refractivity contribution in [2.24, 2.45) is 0 Å². The van der Waals surface area contributed by atoms with Gasteiger partial charge in [0.05, 0.1) is 47.9 Å². The van der Waals surface area contributed by atoms with E-state index in [9.17, 15) is 36.0 Å². The molecular weight excluding hydrogens is 747 g/mol. The van der Waals surface area contributed by atoms with E-state index in [4.69, 9.17) is 18.6 Å². The highest BCUT2D eigenvalue weighted by Gasteiger charge is 2.29. The quantitative estimate of drug-likeness (QED) is 0.154. The van der Waals surface area contributed by atoms with Gasteiger partial charge in [-0.3, -0.25) is 10.6 Å². The van der Waals surface area contributed by atoms with Gasteiger partial charge in [-0.15, -0.1) is 11.3 Å². The lowest BCUT2D eigenvalue weighted by Gasteiger charge is -2.09. The van der Waals surface area contributed by atoms with E-state index in [1.807, 2.05) is 0 Å². The summed E-state index contributed by atoms with van der Waals surface area (Å²) in [6.45, 7) is 1.54. The lowest BCUT2D eigenvalue weighted by atomic mass is 10.4. The molecule has 0 saturated heterocycles. The van der Waals surface area contributed by atoms with Crippen molar-refractivity contribution in [3.05, 3.63) is 46.3 Å². The molecule has 0 aliphatic carbocycles. The van der Waals surface area contributed by atoms with Gasteiger partial charge in [0.1, 0.15) is 20.5 Å². The maximum absolute atomic E-state index is 12.3. The van der Waals surface area contributed by atoms with Crippen molar-refractivity contribution < 1.29 is 64.1 Å². The fourth-order valence-electron chi connectivity index (χ4n) is 3.38. The van der Waals surface area contributed by atoms with Crippen LogP contribution in [0.3, 0.4) is 0 Å². The summed E-state index contributed by atoms with van der Waals surface area (Å²) in [6.07, 6.45) is 0.967. The molecule has 4 rings (SSSR count). The molecule has 0 aromatic carbocycles. The Morgan fingerprint density at radius 2 is 1.25 bits per heavy atom. The first-order valence-electron chi connectivity index (χ1n) is 13.3. The normalized spacial score (nSPS) is 10.8. The Morgan fingerprint density at radius 1 is 0.706 bits per heavy atom. The molecule has 4 amide bonds. The Balaban J connectivity index is 0.000000276. The van der Waals surface area contributed by atoms with E-state index in [-0.39, 0.29) is 45.3 Å². The Kier molecular flexibility index (Phi) is 13.1. The highest BCUT2D eigenvalue weighted by molar-refractivity contribution is 7.90. The topological polar surface area (TPSA) is 308 Å². The van der Waals surface area contributed by atoms with Crippen LogP contribution in [0.1, 0.15) is 26.1 Å². The summed E-state index contributed by atoms with van der Waals surface area (Å²) in [5, 5.41) is 5.66. The lowest BCUT2D eigenvalue weighted by molar-refractivity contribution is 0.0557. The largest absolute Gasteiger partial charge is 0.481 e.